The maximum absolute atomic E-state index is 10.7. The summed E-state index contributed by atoms with van der Waals surface area (Å²) in [4.78, 5) is 14.9. The minimum absolute atomic E-state index is 0.135. The average Bonchev–Trinajstić information content (AvgIpc) is 2.54. The Balaban J connectivity index is 2.51. The van der Waals surface area contributed by atoms with Crippen LogP contribution < -0.4 is 10.5 Å². The molecule has 2 rings (SSSR count). The lowest BCUT2D eigenvalue weighted by Crippen LogP contribution is -2.18. The number of rotatable bonds is 2. The number of amides is 1. The number of hydrogen-bond acceptors (Lipinski definition) is 3. The summed E-state index contributed by atoms with van der Waals surface area (Å²) in [6.45, 7) is 0. The third-order valence-corrected chi connectivity index (χ3v) is 2.55. The predicted molar refractivity (Wildman–Crippen MR) is 70.6 cm³/mol. The summed E-state index contributed by atoms with van der Waals surface area (Å²) < 4.78 is 6.55. The van der Waals surface area contributed by atoms with Gasteiger partial charge in [-0.3, -0.25) is 4.57 Å². The lowest BCUT2D eigenvalue weighted by molar-refractivity contribution is 0.205. The first-order valence-electron chi connectivity index (χ1n) is 4.94. The van der Waals surface area contributed by atoms with Crippen LogP contribution in [-0.2, 0) is 7.05 Å². The minimum atomic E-state index is -0.905. The number of fused-ring (bicyclic) bond motifs is 1. The van der Waals surface area contributed by atoms with Crippen LogP contribution in [0.25, 0.3) is 17.1 Å². The van der Waals surface area contributed by atoms with Crippen molar-refractivity contribution in [1.82, 2.24) is 9.55 Å². The Hall–Kier alpha value is -1.72. The Labute approximate surface area is 113 Å². The highest BCUT2D eigenvalue weighted by molar-refractivity contribution is 6.57. The van der Waals surface area contributed by atoms with Crippen LogP contribution in [0, 0.1) is 0 Å². The van der Waals surface area contributed by atoms with E-state index in [0.29, 0.717) is 5.52 Å². The van der Waals surface area contributed by atoms with E-state index in [0.717, 1.165) is 11.1 Å². The van der Waals surface area contributed by atoms with E-state index < -0.39 is 6.09 Å². The van der Waals surface area contributed by atoms with Gasteiger partial charge in [0, 0.05) is 7.05 Å². The summed E-state index contributed by atoms with van der Waals surface area (Å²) in [5, 5.41) is 0. The van der Waals surface area contributed by atoms with Gasteiger partial charge in [-0.25, -0.2) is 4.79 Å². The van der Waals surface area contributed by atoms with Crippen LogP contribution in [0.15, 0.2) is 22.7 Å². The molecule has 5 nitrogen and oxygen atoms in total. The average molecular weight is 286 g/mol. The van der Waals surface area contributed by atoms with Crippen molar-refractivity contribution in [3.63, 3.8) is 0 Å². The molecule has 7 heteroatoms. The highest BCUT2D eigenvalue weighted by atomic mass is 35.5. The third kappa shape index (κ3) is 2.57. The maximum atomic E-state index is 10.7. The molecule has 1 heterocycles. The van der Waals surface area contributed by atoms with Gasteiger partial charge in [0.2, 0.25) is 0 Å². The summed E-state index contributed by atoms with van der Waals surface area (Å²) in [5.41, 5.74) is 7.20. The van der Waals surface area contributed by atoms with E-state index in [4.69, 9.17) is 33.7 Å². The number of aryl methyl sites for hydroxylation is 1. The Morgan fingerprint density at radius 3 is 2.83 bits per heavy atom. The van der Waals surface area contributed by atoms with Crippen LogP contribution in [0.4, 0.5) is 4.79 Å². The molecule has 94 valence electrons. The summed E-state index contributed by atoms with van der Waals surface area (Å²) in [6, 6.07) is 5.55. The van der Waals surface area contributed by atoms with Crippen LogP contribution in [-0.4, -0.2) is 15.6 Å². The second kappa shape index (κ2) is 4.88. The second-order valence-corrected chi connectivity index (χ2v) is 4.56. The second-order valence-electron chi connectivity index (χ2n) is 3.56. The first kappa shape index (κ1) is 12.7. The normalized spacial score (nSPS) is 10.4. The van der Waals surface area contributed by atoms with E-state index in [1.165, 1.54) is 0 Å². The fourth-order valence-corrected chi connectivity index (χ4v) is 1.84. The molecule has 2 N–H and O–H groups in total. The van der Waals surface area contributed by atoms with E-state index in [1.54, 1.807) is 23.8 Å². The summed E-state index contributed by atoms with van der Waals surface area (Å²) >= 11 is 11.2. The van der Waals surface area contributed by atoms with Gasteiger partial charge >= 0.3 is 12.1 Å². The molecule has 0 aliphatic carbocycles. The molecule has 0 aliphatic heterocycles. The number of benzene rings is 1. The molecular formula is C11H9Cl2N3O2. The number of carbonyl (C=O) groups is 1. The smallest absolute Gasteiger partial charge is 0.375 e. The summed E-state index contributed by atoms with van der Waals surface area (Å²) in [5.74, 6) is 0. The molecule has 0 radical (unpaired) electrons. The van der Waals surface area contributed by atoms with Gasteiger partial charge in [0.05, 0.1) is 11.0 Å². The van der Waals surface area contributed by atoms with Crippen molar-refractivity contribution < 1.29 is 9.53 Å². The molecule has 0 spiro atoms. The maximum Gasteiger partial charge on any atom is 0.412 e. The zero-order valence-electron chi connectivity index (χ0n) is 9.35. The summed E-state index contributed by atoms with van der Waals surface area (Å²) in [6.07, 6.45) is 0.684. The van der Waals surface area contributed by atoms with Crippen LogP contribution >= 0.6 is 23.2 Å². The van der Waals surface area contributed by atoms with Gasteiger partial charge in [0.15, 0.2) is 0 Å². The largest absolute Gasteiger partial charge is 0.412 e. The number of ether oxygens (including phenoxy) is 1. The van der Waals surface area contributed by atoms with E-state index in [9.17, 15) is 4.79 Å². The lowest BCUT2D eigenvalue weighted by Gasteiger charge is -1.99. The van der Waals surface area contributed by atoms with Crippen molar-refractivity contribution in [2.45, 2.75) is 0 Å². The number of nitrogens with zero attached hydrogens (tertiary/aromatic N) is 2. The molecule has 1 aromatic heterocycles. The molecule has 0 fully saturated rings. The Bertz CT molecular complexity index is 645. The topological polar surface area (TPSA) is 70.1 Å². The van der Waals surface area contributed by atoms with Crippen LogP contribution in [0.1, 0.15) is 5.56 Å². The number of carbonyl (C=O) groups excluding carboxylic acids is 1. The standard InChI is InChI=1S/C11H9Cl2N3O2/c1-16-8-3-2-6(5-9(12)13)4-7(8)15-11(16)18-10(14)17/h2-5H,1H3,(H2,14,17). The molecule has 0 unspecified atom stereocenters. The number of aromatic nitrogens is 2. The molecule has 2 aromatic rings. The number of halogens is 2. The number of nitrogens with two attached hydrogens (primary N) is 1. The quantitative estimate of drug-likeness (QED) is 0.922. The highest BCUT2D eigenvalue weighted by Crippen LogP contribution is 2.23. The van der Waals surface area contributed by atoms with Crippen LogP contribution in [0.5, 0.6) is 6.01 Å². The third-order valence-electron chi connectivity index (χ3n) is 2.33. The zero-order chi connectivity index (χ0) is 13.3. The van der Waals surface area contributed by atoms with Crippen LogP contribution in [0.2, 0.25) is 0 Å². The Morgan fingerprint density at radius 1 is 1.50 bits per heavy atom. The van der Waals surface area contributed by atoms with Crippen LogP contribution in [0.3, 0.4) is 0 Å². The minimum Gasteiger partial charge on any atom is -0.375 e. The van der Waals surface area contributed by atoms with Crippen molar-refractivity contribution >= 4 is 46.4 Å². The molecular weight excluding hydrogens is 277 g/mol. The van der Waals surface area contributed by atoms with Gasteiger partial charge in [0.1, 0.15) is 4.49 Å². The molecule has 18 heavy (non-hydrogen) atoms. The van der Waals surface area contributed by atoms with E-state index in [2.05, 4.69) is 4.98 Å². The number of primary amides is 1. The number of imidazole rings is 1. The Morgan fingerprint density at radius 2 is 2.22 bits per heavy atom. The Kier molecular flexibility index (Phi) is 3.45. The van der Waals surface area contributed by atoms with Crippen molar-refractivity contribution in [1.29, 1.82) is 0 Å². The van der Waals surface area contributed by atoms with Crippen molar-refractivity contribution in [3.8, 4) is 6.01 Å². The molecule has 0 atom stereocenters. The number of hydrogen-bond donors (Lipinski definition) is 1. The van der Waals surface area contributed by atoms with Crippen molar-refractivity contribution in [2.24, 2.45) is 12.8 Å². The summed E-state index contributed by atoms with van der Waals surface area (Å²) in [7, 11) is 1.72. The molecule has 1 amide bonds. The lowest BCUT2D eigenvalue weighted by atomic mass is 10.2. The molecule has 0 saturated carbocycles. The molecule has 0 saturated heterocycles. The monoisotopic (exact) mass is 285 g/mol. The molecule has 0 aliphatic rings. The van der Waals surface area contributed by atoms with Gasteiger partial charge in [-0.1, -0.05) is 29.3 Å². The van der Waals surface area contributed by atoms with Crippen molar-refractivity contribution in [3.05, 3.63) is 28.3 Å². The van der Waals surface area contributed by atoms with Gasteiger partial charge in [0.25, 0.3) is 0 Å². The van der Waals surface area contributed by atoms with Gasteiger partial charge in [-0.15, -0.1) is 0 Å². The fourth-order valence-electron chi connectivity index (χ4n) is 1.59. The van der Waals surface area contributed by atoms with Gasteiger partial charge in [-0.2, -0.15) is 4.98 Å². The molecule has 0 bridgehead atoms. The zero-order valence-corrected chi connectivity index (χ0v) is 10.9. The first-order chi connectivity index (χ1) is 8.47. The first-order valence-corrected chi connectivity index (χ1v) is 5.69. The van der Waals surface area contributed by atoms with Crippen molar-refractivity contribution in [2.75, 3.05) is 0 Å². The van der Waals surface area contributed by atoms with E-state index in [1.807, 2.05) is 12.1 Å². The molecule has 1 aromatic carbocycles. The predicted octanol–water partition coefficient (Wildman–Crippen LogP) is 2.81. The van der Waals surface area contributed by atoms with E-state index >= 15 is 0 Å². The van der Waals surface area contributed by atoms with Gasteiger partial charge in [-0.05, 0) is 23.8 Å². The van der Waals surface area contributed by atoms with Gasteiger partial charge < -0.3 is 10.5 Å². The highest BCUT2D eigenvalue weighted by Gasteiger charge is 2.11. The fraction of sp³-hybridized carbons (Fsp3) is 0.0909. The van der Waals surface area contributed by atoms with E-state index in [-0.39, 0.29) is 10.5 Å². The SMILES string of the molecule is Cn1c(OC(N)=O)nc2cc(C=C(Cl)Cl)ccc21.